The molecular weight excluding hydrogens is 198 g/mol. The van der Waals surface area contributed by atoms with Crippen LogP contribution < -0.4 is 5.73 Å². The standard InChI is InChI=1S/C14H15NO/c15-13-8-4-7-12(10-13)14(16)9-11-5-2-1-3-6-11/h1-8,10,14,16H,9,15H2. The van der Waals surface area contributed by atoms with Gasteiger partial charge in [-0.05, 0) is 23.3 Å². The maximum absolute atomic E-state index is 10.0. The number of nitrogens with two attached hydrogens (primary N) is 1. The molecule has 2 nitrogen and oxygen atoms in total. The van der Waals surface area contributed by atoms with Gasteiger partial charge in [-0.15, -0.1) is 0 Å². The summed E-state index contributed by atoms with van der Waals surface area (Å²) in [5, 5.41) is 10.0. The Labute approximate surface area is 95.4 Å². The molecule has 0 bridgehead atoms. The maximum atomic E-state index is 10.0. The molecule has 0 aliphatic carbocycles. The van der Waals surface area contributed by atoms with Crippen LogP contribution in [-0.2, 0) is 6.42 Å². The summed E-state index contributed by atoms with van der Waals surface area (Å²) < 4.78 is 0. The second kappa shape index (κ2) is 4.81. The van der Waals surface area contributed by atoms with Gasteiger partial charge in [-0.3, -0.25) is 0 Å². The average molecular weight is 213 g/mol. The smallest absolute Gasteiger partial charge is 0.0831 e. The number of aliphatic hydroxyl groups excluding tert-OH is 1. The number of nitrogen functional groups attached to an aromatic ring is 1. The van der Waals surface area contributed by atoms with Gasteiger partial charge in [0.1, 0.15) is 0 Å². The topological polar surface area (TPSA) is 46.2 Å². The van der Waals surface area contributed by atoms with Crippen molar-refractivity contribution < 1.29 is 5.11 Å². The number of rotatable bonds is 3. The van der Waals surface area contributed by atoms with E-state index in [1.54, 1.807) is 0 Å². The minimum absolute atomic E-state index is 0.495. The van der Waals surface area contributed by atoms with Crippen LogP contribution in [0.25, 0.3) is 0 Å². The SMILES string of the molecule is Nc1cccc(C(O)Cc2ccccc2)c1. The first-order valence-corrected chi connectivity index (χ1v) is 5.33. The van der Waals surface area contributed by atoms with Crippen molar-refractivity contribution in [1.82, 2.24) is 0 Å². The summed E-state index contributed by atoms with van der Waals surface area (Å²) in [5.41, 5.74) is 8.35. The fraction of sp³-hybridized carbons (Fsp3) is 0.143. The molecule has 0 heterocycles. The summed E-state index contributed by atoms with van der Waals surface area (Å²) in [4.78, 5) is 0. The predicted molar refractivity (Wildman–Crippen MR) is 66.0 cm³/mol. The molecule has 2 rings (SSSR count). The van der Waals surface area contributed by atoms with Crippen LogP contribution >= 0.6 is 0 Å². The Balaban J connectivity index is 2.12. The highest BCUT2D eigenvalue weighted by Crippen LogP contribution is 2.19. The Morgan fingerprint density at radius 2 is 1.75 bits per heavy atom. The fourth-order valence-electron chi connectivity index (χ4n) is 1.72. The summed E-state index contributed by atoms with van der Waals surface area (Å²) in [6, 6.07) is 17.3. The van der Waals surface area contributed by atoms with E-state index in [1.165, 1.54) is 0 Å². The third kappa shape index (κ3) is 2.61. The number of aliphatic hydroxyl groups is 1. The van der Waals surface area contributed by atoms with Crippen LogP contribution in [0.3, 0.4) is 0 Å². The first kappa shape index (κ1) is 10.7. The molecule has 1 unspecified atom stereocenters. The average Bonchev–Trinajstić information content (AvgIpc) is 2.30. The molecule has 0 radical (unpaired) electrons. The van der Waals surface area contributed by atoms with Gasteiger partial charge in [0, 0.05) is 12.1 Å². The molecule has 0 aliphatic rings. The largest absolute Gasteiger partial charge is 0.399 e. The molecule has 2 aromatic rings. The summed E-state index contributed by atoms with van der Waals surface area (Å²) in [6.45, 7) is 0. The van der Waals surface area contributed by atoms with Gasteiger partial charge in [-0.1, -0.05) is 42.5 Å². The first-order chi connectivity index (χ1) is 7.75. The Kier molecular flexibility index (Phi) is 3.22. The van der Waals surface area contributed by atoms with Crippen molar-refractivity contribution in [1.29, 1.82) is 0 Å². The second-order valence-electron chi connectivity index (χ2n) is 3.88. The van der Waals surface area contributed by atoms with Crippen LogP contribution in [0.4, 0.5) is 5.69 Å². The van der Waals surface area contributed by atoms with Gasteiger partial charge in [0.05, 0.1) is 6.10 Å². The van der Waals surface area contributed by atoms with Crippen LogP contribution in [0, 0.1) is 0 Å². The lowest BCUT2D eigenvalue weighted by Crippen LogP contribution is -2.02. The number of benzene rings is 2. The maximum Gasteiger partial charge on any atom is 0.0831 e. The minimum atomic E-state index is -0.495. The van der Waals surface area contributed by atoms with Crippen LogP contribution in [0.5, 0.6) is 0 Å². The van der Waals surface area contributed by atoms with Crippen molar-refractivity contribution in [2.24, 2.45) is 0 Å². The van der Waals surface area contributed by atoms with Gasteiger partial charge in [0.15, 0.2) is 0 Å². The van der Waals surface area contributed by atoms with E-state index in [1.807, 2.05) is 54.6 Å². The molecule has 0 saturated carbocycles. The van der Waals surface area contributed by atoms with E-state index in [9.17, 15) is 5.11 Å². The Hall–Kier alpha value is -1.80. The molecule has 82 valence electrons. The normalized spacial score (nSPS) is 12.3. The zero-order valence-corrected chi connectivity index (χ0v) is 9.01. The van der Waals surface area contributed by atoms with E-state index in [-0.39, 0.29) is 0 Å². The summed E-state index contributed by atoms with van der Waals surface area (Å²) in [5.74, 6) is 0. The fourth-order valence-corrected chi connectivity index (χ4v) is 1.72. The quantitative estimate of drug-likeness (QED) is 0.770. The molecular formula is C14H15NO. The molecule has 16 heavy (non-hydrogen) atoms. The van der Waals surface area contributed by atoms with E-state index in [2.05, 4.69) is 0 Å². The van der Waals surface area contributed by atoms with Crippen molar-refractivity contribution in [3.05, 3.63) is 65.7 Å². The third-order valence-corrected chi connectivity index (χ3v) is 2.57. The zero-order chi connectivity index (χ0) is 11.4. The highest BCUT2D eigenvalue weighted by Gasteiger charge is 2.08. The van der Waals surface area contributed by atoms with Gasteiger partial charge in [0.2, 0.25) is 0 Å². The van der Waals surface area contributed by atoms with E-state index in [0.29, 0.717) is 12.1 Å². The highest BCUT2D eigenvalue weighted by atomic mass is 16.3. The Bertz CT molecular complexity index is 453. The monoisotopic (exact) mass is 213 g/mol. The van der Waals surface area contributed by atoms with Crippen molar-refractivity contribution in [3.63, 3.8) is 0 Å². The molecule has 1 atom stereocenters. The van der Waals surface area contributed by atoms with Crippen molar-refractivity contribution in [2.45, 2.75) is 12.5 Å². The molecule has 2 heteroatoms. The summed E-state index contributed by atoms with van der Waals surface area (Å²) in [6.07, 6.45) is 0.121. The Morgan fingerprint density at radius 1 is 1.00 bits per heavy atom. The third-order valence-electron chi connectivity index (χ3n) is 2.57. The number of hydrogen-bond donors (Lipinski definition) is 2. The summed E-state index contributed by atoms with van der Waals surface area (Å²) >= 11 is 0. The number of anilines is 1. The van der Waals surface area contributed by atoms with E-state index >= 15 is 0 Å². The van der Waals surface area contributed by atoms with Crippen LogP contribution in [0.2, 0.25) is 0 Å². The molecule has 0 aliphatic heterocycles. The van der Waals surface area contributed by atoms with E-state index in [0.717, 1.165) is 11.1 Å². The van der Waals surface area contributed by atoms with Crippen LogP contribution in [0.1, 0.15) is 17.2 Å². The lowest BCUT2D eigenvalue weighted by molar-refractivity contribution is 0.178. The van der Waals surface area contributed by atoms with E-state index < -0.39 is 6.10 Å². The molecule has 2 aromatic carbocycles. The van der Waals surface area contributed by atoms with Crippen molar-refractivity contribution in [3.8, 4) is 0 Å². The first-order valence-electron chi connectivity index (χ1n) is 5.33. The van der Waals surface area contributed by atoms with Gasteiger partial charge in [0.25, 0.3) is 0 Å². The van der Waals surface area contributed by atoms with Crippen molar-refractivity contribution >= 4 is 5.69 Å². The van der Waals surface area contributed by atoms with Gasteiger partial charge in [-0.25, -0.2) is 0 Å². The van der Waals surface area contributed by atoms with E-state index in [4.69, 9.17) is 5.73 Å². The highest BCUT2D eigenvalue weighted by molar-refractivity contribution is 5.41. The molecule has 0 amide bonds. The zero-order valence-electron chi connectivity index (χ0n) is 9.01. The van der Waals surface area contributed by atoms with Crippen LogP contribution in [-0.4, -0.2) is 5.11 Å². The second-order valence-corrected chi connectivity index (χ2v) is 3.88. The molecule has 0 fully saturated rings. The number of hydrogen-bond acceptors (Lipinski definition) is 2. The molecule has 0 aromatic heterocycles. The van der Waals surface area contributed by atoms with Crippen molar-refractivity contribution in [2.75, 3.05) is 5.73 Å². The predicted octanol–water partition coefficient (Wildman–Crippen LogP) is 2.54. The molecule has 0 spiro atoms. The molecule has 3 N–H and O–H groups in total. The minimum Gasteiger partial charge on any atom is -0.399 e. The van der Waals surface area contributed by atoms with Gasteiger partial charge in [-0.2, -0.15) is 0 Å². The van der Waals surface area contributed by atoms with Gasteiger partial charge < -0.3 is 10.8 Å². The van der Waals surface area contributed by atoms with Gasteiger partial charge >= 0.3 is 0 Å². The summed E-state index contributed by atoms with van der Waals surface area (Å²) in [7, 11) is 0. The Morgan fingerprint density at radius 3 is 2.44 bits per heavy atom. The lowest BCUT2D eigenvalue weighted by Gasteiger charge is -2.11. The van der Waals surface area contributed by atoms with Crippen LogP contribution in [0.15, 0.2) is 54.6 Å². The molecule has 0 saturated heterocycles. The lowest BCUT2D eigenvalue weighted by atomic mass is 10.0.